The Balaban J connectivity index is 1.65. The van der Waals surface area contributed by atoms with Gasteiger partial charge in [0, 0.05) is 38.3 Å². The summed E-state index contributed by atoms with van der Waals surface area (Å²) in [6, 6.07) is 8.26. The van der Waals surface area contributed by atoms with Crippen LogP contribution < -0.4 is 4.90 Å². The van der Waals surface area contributed by atoms with Crippen molar-refractivity contribution >= 4 is 22.7 Å². The Morgan fingerprint density at radius 1 is 0.967 bits per heavy atom. The number of benzene rings is 2. The summed E-state index contributed by atoms with van der Waals surface area (Å²) >= 11 is 0. The fraction of sp³-hybridized carbons (Fsp3) is 0.429. The standard InChI is InChI=1S/C21H25F2N5O2/c1-2-3-4-11-26-12-14-27(15-13-26)19-10-9-18(20(22)21(19)23)25-24-16-5-7-17(8-6-16)28(29)30/h5-10H,2-4,11-15H2,1H3. The molecule has 0 atom stereocenters. The summed E-state index contributed by atoms with van der Waals surface area (Å²) in [6.07, 6.45) is 3.54. The lowest BCUT2D eigenvalue weighted by atomic mass is 10.2. The van der Waals surface area contributed by atoms with Crippen molar-refractivity contribution in [3.05, 3.63) is 58.1 Å². The van der Waals surface area contributed by atoms with Gasteiger partial charge >= 0.3 is 0 Å². The zero-order chi connectivity index (χ0) is 21.5. The van der Waals surface area contributed by atoms with E-state index in [4.69, 9.17) is 0 Å². The maximum absolute atomic E-state index is 14.7. The number of azo groups is 1. The van der Waals surface area contributed by atoms with Gasteiger partial charge in [-0.15, -0.1) is 5.11 Å². The third-order valence-electron chi connectivity index (χ3n) is 5.17. The first-order valence-electron chi connectivity index (χ1n) is 10.1. The number of hydrogen-bond acceptors (Lipinski definition) is 6. The van der Waals surface area contributed by atoms with Gasteiger partial charge in [-0.25, -0.2) is 8.78 Å². The van der Waals surface area contributed by atoms with E-state index in [0.29, 0.717) is 18.8 Å². The molecular weight excluding hydrogens is 392 g/mol. The minimum absolute atomic E-state index is 0.0824. The Hall–Kier alpha value is -2.94. The number of non-ortho nitro benzene ring substituents is 1. The molecule has 1 heterocycles. The number of unbranched alkanes of at least 4 members (excludes halogenated alkanes) is 2. The predicted molar refractivity (Wildman–Crippen MR) is 112 cm³/mol. The second-order valence-corrected chi connectivity index (χ2v) is 7.24. The molecule has 3 rings (SSSR count). The second-order valence-electron chi connectivity index (χ2n) is 7.24. The van der Waals surface area contributed by atoms with Crippen LogP contribution in [0.4, 0.5) is 31.5 Å². The van der Waals surface area contributed by atoms with Gasteiger partial charge in [0.05, 0.1) is 16.3 Å². The zero-order valence-corrected chi connectivity index (χ0v) is 16.9. The van der Waals surface area contributed by atoms with E-state index in [9.17, 15) is 18.9 Å². The summed E-state index contributed by atoms with van der Waals surface area (Å²) in [5.41, 5.74) is 0.243. The van der Waals surface area contributed by atoms with Gasteiger partial charge in [0.25, 0.3) is 5.69 Å². The molecule has 0 spiro atoms. The van der Waals surface area contributed by atoms with E-state index >= 15 is 0 Å². The summed E-state index contributed by atoms with van der Waals surface area (Å²) in [6.45, 7) is 6.15. The average Bonchev–Trinajstić information content (AvgIpc) is 2.76. The van der Waals surface area contributed by atoms with Crippen molar-refractivity contribution in [2.24, 2.45) is 10.2 Å². The zero-order valence-electron chi connectivity index (χ0n) is 16.9. The first-order chi connectivity index (χ1) is 14.5. The van der Waals surface area contributed by atoms with Crippen LogP contribution in [-0.4, -0.2) is 42.5 Å². The summed E-state index contributed by atoms with van der Waals surface area (Å²) < 4.78 is 29.2. The molecule has 7 nitrogen and oxygen atoms in total. The number of halogens is 2. The van der Waals surface area contributed by atoms with Crippen LogP contribution in [-0.2, 0) is 0 Å². The number of piperazine rings is 1. The molecular formula is C21H25F2N5O2. The Morgan fingerprint density at radius 3 is 2.30 bits per heavy atom. The molecule has 1 fully saturated rings. The smallest absolute Gasteiger partial charge is 0.269 e. The van der Waals surface area contributed by atoms with E-state index in [2.05, 4.69) is 22.1 Å². The third kappa shape index (κ3) is 5.35. The van der Waals surface area contributed by atoms with E-state index in [1.54, 1.807) is 0 Å². The minimum Gasteiger partial charge on any atom is -0.367 e. The molecule has 0 N–H and O–H groups in total. The normalized spacial score (nSPS) is 15.1. The molecule has 1 aliphatic rings. The van der Waals surface area contributed by atoms with Crippen molar-refractivity contribution in [2.45, 2.75) is 26.2 Å². The topological polar surface area (TPSA) is 74.3 Å². The van der Waals surface area contributed by atoms with Crippen LogP contribution in [0.5, 0.6) is 0 Å². The van der Waals surface area contributed by atoms with Crippen LogP contribution >= 0.6 is 0 Å². The highest BCUT2D eigenvalue weighted by molar-refractivity contribution is 5.56. The Kier molecular flexibility index (Phi) is 7.40. The van der Waals surface area contributed by atoms with Crippen molar-refractivity contribution in [1.82, 2.24) is 4.90 Å². The summed E-state index contributed by atoms with van der Waals surface area (Å²) in [4.78, 5) is 14.3. The van der Waals surface area contributed by atoms with Crippen molar-refractivity contribution in [3.8, 4) is 0 Å². The Morgan fingerprint density at radius 2 is 1.67 bits per heavy atom. The first kappa shape index (κ1) is 21.8. The largest absolute Gasteiger partial charge is 0.367 e. The van der Waals surface area contributed by atoms with Crippen LogP contribution in [0.1, 0.15) is 26.2 Å². The third-order valence-corrected chi connectivity index (χ3v) is 5.17. The van der Waals surface area contributed by atoms with E-state index in [1.807, 2.05) is 4.90 Å². The Labute approximate surface area is 174 Å². The van der Waals surface area contributed by atoms with Gasteiger partial charge in [0.1, 0.15) is 5.69 Å². The summed E-state index contributed by atoms with van der Waals surface area (Å²) in [7, 11) is 0. The molecule has 30 heavy (non-hydrogen) atoms. The summed E-state index contributed by atoms with van der Waals surface area (Å²) in [5, 5.41) is 18.3. The van der Waals surface area contributed by atoms with Crippen molar-refractivity contribution < 1.29 is 13.7 Å². The number of hydrogen-bond donors (Lipinski definition) is 0. The van der Waals surface area contributed by atoms with Crippen LogP contribution in [0.25, 0.3) is 0 Å². The fourth-order valence-corrected chi connectivity index (χ4v) is 3.40. The Bertz CT molecular complexity index is 897. The van der Waals surface area contributed by atoms with Crippen molar-refractivity contribution in [3.63, 3.8) is 0 Å². The molecule has 1 aliphatic heterocycles. The van der Waals surface area contributed by atoms with Gasteiger partial charge in [-0.2, -0.15) is 5.11 Å². The van der Waals surface area contributed by atoms with Gasteiger partial charge in [-0.05, 0) is 37.2 Å². The van der Waals surface area contributed by atoms with Crippen molar-refractivity contribution in [2.75, 3.05) is 37.6 Å². The molecule has 0 unspecified atom stereocenters. The first-order valence-corrected chi connectivity index (χ1v) is 10.1. The lowest BCUT2D eigenvalue weighted by Crippen LogP contribution is -2.47. The van der Waals surface area contributed by atoms with Gasteiger partial charge in [0.2, 0.25) is 0 Å². The molecule has 0 saturated carbocycles. The maximum Gasteiger partial charge on any atom is 0.269 e. The van der Waals surface area contributed by atoms with Gasteiger partial charge in [-0.1, -0.05) is 19.8 Å². The molecule has 0 amide bonds. The van der Waals surface area contributed by atoms with E-state index in [0.717, 1.165) is 26.1 Å². The molecule has 0 bridgehead atoms. The van der Waals surface area contributed by atoms with Gasteiger partial charge in [0.15, 0.2) is 11.6 Å². The number of nitrogens with zero attached hydrogens (tertiary/aromatic N) is 5. The predicted octanol–water partition coefficient (Wildman–Crippen LogP) is 5.60. The summed E-state index contributed by atoms with van der Waals surface area (Å²) in [5.74, 6) is -1.99. The van der Waals surface area contributed by atoms with E-state index < -0.39 is 16.6 Å². The van der Waals surface area contributed by atoms with E-state index in [1.165, 1.54) is 49.2 Å². The SMILES string of the molecule is CCCCCN1CCN(c2ccc(N=Nc3ccc([N+](=O)[O-])cc3)c(F)c2F)CC1. The van der Waals surface area contributed by atoms with Crippen LogP contribution in [0.2, 0.25) is 0 Å². The van der Waals surface area contributed by atoms with Crippen LogP contribution in [0.3, 0.4) is 0 Å². The highest BCUT2D eigenvalue weighted by Gasteiger charge is 2.22. The van der Waals surface area contributed by atoms with E-state index in [-0.39, 0.29) is 17.1 Å². The molecule has 2 aromatic carbocycles. The molecule has 2 aromatic rings. The lowest BCUT2D eigenvalue weighted by Gasteiger charge is -2.36. The molecule has 160 valence electrons. The number of nitro groups is 1. The average molecular weight is 417 g/mol. The highest BCUT2D eigenvalue weighted by atomic mass is 19.2. The van der Waals surface area contributed by atoms with Gasteiger partial charge < -0.3 is 4.90 Å². The van der Waals surface area contributed by atoms with Gasteiger partial charge in [-0.3, -0.25) is 15.0 Å². The molecule has 1 saturated heterocycles. The van der Waals surface area contributed by atoms with Crippen LogP contribution in [0, 0.1) is 21.7 Å². The monoisotopic (exact) mass is 417 g/mol. The number of nitro benzene ring substituents is 1. The number of rotatable bonds is 8. The van der Waals surface area contributed by atoms with Crippen LogP contribution in [0.15, 0.2) is 46.6 Å². The number of anilines is 1. The molecule has 0 aromatic heterocycles. The minimum atomic E-state index is -1.05. The quantitative estimate of drug-likeness (QED) is 0.242. The highest BCUT2D eigenvalue weighted by Crippen LogP contribution is 2.30. The lowest BCUT2D eigenvalue weighted by molar-refractivity contribution is -0.384. The maximum atomic E-state index is 14.7. The second kappa shape index (κ2) is 10.2. The molecule has 9 heteroatoms. The molecule has 0 aliphatic carbocycles. The van der Waals surface area contributed by atoms with Crippen molar-refractivity contribution in [1.29, 1.82) is 0 Å². The fourth-order valence-electron chi connectivity index (χ4n) is 3.40. The molecule has 0 radical (unpaired) electrons.